The summed E-state index contributed by atoms with van der Waals surface area (Å²) >= 11 is 0. The summed E-state index contributed by atoms with van der Waals surface area (Å²) in [5.41, 5.74) is -0.250. The third-order valence-corrected chi connectivity index (χ3v) is 5.05. The second kappa shape index (κ2) is 10.1. The standard InChI is InChI=1S/C20H41NO3/c1-7-10-11-12-17-13-14-18(23-19(4,5)6)24-20(17,22)15-16-21(8-2)9-3/h17-18,22H,7-16H2,1-6H3. The van der Waals surface area contributed by atoms with Crippen LogP contribution in [0.4, 0.5) is 0 Å². The molecule has 3 unspecified atom stereocenters. The molecule has 0 aromatic carbocycles. The lowest BCUT2D eigenvalue weighted by molar-refractivity contribution is -0.353. The molecule has 1 aliphatic heterocycles. The molecule has 3 atom stereocenters. The van der Waals surface area contributed by atoms with Crippen LogP contribution >= 0.6 is 0 Å². The van der Waals surface area contributed by atoms with E-state index in [0.717, 1.165) is 38.9 Å². The summed E-state index contributed by atoms with van der Waals surface area (Å²) in [5.74, 6) is -0.829. The largest absolute Gasteiger partial charge is 0.365 e. The highest BCUT2D eigenvalue weighted by Crippen LogP contribution is 2.39. The maximum absolute atomic E-state index is 11.3. The van der Waals surface area contributed by atoms with E-state index in [0.29, 0.717) is 6.42 Å². The van der Waals surface area contributed by atoms with Gasteiger partial charge in [-0.25, -0.2) is 0 Å². The van der Waals surface area contributed by atoms with Crippen molar-refractivity contribution in [2.45, 2.75) is 104 Å². The van der Waals surface area contributed by atoms with Gasteiger partial charge in [0.25, 0.3) is 0 Å². The van der Waals surface area contributed by atoms with Gasteiger partial charge >= 0.3 is 0 Å². The van der Waals surface area contributed by atoms with Gasteiger partial charge in [0.1, 0.15) is 0 Å². The molecule has 4 heteroatoms. The highest BCUT2D eigenvalue weighted by Gasteiger charge is 2.44. The van der Waals surface area contributed by atoms with Gasteiger partial charge in [-0.15, -0.1) is 0 Å². The third kappa shape index (κ3) is 7.38. The van der Waals surface area contributed by atoms with Gasteiger partial charge in [-0.1, -0.05) is 40.0 Å². The van der Waals surface area contributed by atoms with Crippen LogP contribution in [0.1, 0.15) is 86.5 Å². The molecule has 0 aromatic heterocycles. The van der Waals surface area contributed by atoms with Crippen LogP contribution in [0, 0.1) is 5.92 Å². The fourth-order valence-corrected chi connectivity index (χ4v) is 3.55. The van der Waals surface area contributed by atoms with Gasteiger partial charge in [-0.3, -0.25) is 0 Å². The predicted octanol–water partition coefficient (Wildman–Crippen LogP) is 4.56. The van der Waals surface area contributed by atoms with E-state index >= 15 is 0 Å². The Bertz CT molecular complexity index is 338. The maximum atomic E-state index is 11.3. The molecule has 0 bridgehead atoms. The molecule has 0 aliphatic carbocycles. The number of rotatable bonds is 10. The Kier molecular flexibility index (Phi) is 9.21. The molecule has 0 amide bonds. The zero-order valence-electron chi connectivity index (χ0n) is 16.9. The number of hydrogen-bond donors (Lipinski definition) is 1. The molecule has 1 rings (SSSR count). The Hall–Kier alpha value is -0.160. The van der Waals surface area contributed by atoms with Gasteiger partial charge in [0, 0.05) is 18.9 Å². The van der Waals surface area contributed by atoms with E-state index in [1.165, 1.54) is 19.3 Å². The molecular weight excluding hydrogens is 302 g/mol. The number of nitrogens with zero attached hydrogens (tertiary/aromatic N) is 1. The van der Waals surface area contributed by atoms with Crippen LogP contribution < -0.4 is 0 Å². The first-order valence-corrected chi connectivity index (χ1v) is 10.0. The van der Waals surface area contributed by atoms with Gasteiger partial charge in [-0.05, 0) is 53.1 Å². The molecular formula is C20H41NO3. The van der Waals surface area contributed by atoms with Crippen LogP contribution in [-0.4, -0.2) is 47.3 Å². The highest BCUT2D eigenvalue weighted by atomic mass is 16.7. The topological polar surface area (TPSA) is 41.9 Å². The van der Waals surface area contributed by atoms with E-state index in [9.17, 15) is 5.11 Å². The smallest absolute Gasteiger partial charge is 0.172 e. The molecule has 1 fully saturated rings. The van der Waals surface area contributed by atoms with Crippen LogP contribution in [0.15, 0.2) is 0 Å². The molecule has 1 N–H and O–H groups in total. The Morgan fingerprint density at radius 1 is 1.12 bits per heavy atom. The van der Waals surface area contributed by atoms with Gasteiger partial charge in [0.15, 0.2) is 12.1 Å². The number of unbranched alkanes of at least 4 members (excludes halogenated alkanes) is 2. The molecule has 0 saturated carbocycles. The number of hydrogen-bond acceptors (Lipinski definition) is 4. The number of aliphatic hydroxyl groups is 1. The van der Waals surface area contributed by atoms with Crippen molar-refractivity contribution in [1.82, 2.24) is 4.90 Å². The molecule has 1 aliphatic rings. The zero-order chi connectivity index (χ0) is 18.2. The fraction of sp³-hybridized carbons (Fsp3) is 1.00. The minimum absolute atomic E-state index is 0.222. The summed E-state index contributed by atoms with van der Waals surface area (Å²) in [7, 11) is 0. The third-order valence-electron chi connectivity index (χ3n) is 5.05. The molecule has 4 nitrogen and oxygen atoms in total. The van der Waals surface area contributed by atoms with Crippen LogP contribution in [-0.2, 0) is 9.47 Å². The van der Waals surface area contributed by atoms with Gasteiger partial charge in [-0.2, -0.15) is 0 Å². The summed E-state index contributed by atoms with van der Waals surface area (Å²) in [6.45, 7) is 15.6. The second-order valence-electron chi connectivity index (χ2n) is 8.17. The monoisotopic (exact) mass is 343 g/mol. The van der Waals surface area contributed by atoms with Crippen molar-refractivity contribution in [1.29, 1.82) is 0 Å². The van der Waals surface area contributed by atoms with Gasteiger partial charge < -0.3 is 19.5 Å². The summed E-state index contributed by atoms with van der Waals surface area (Å²) in [4.78, 5) is 2.35. The van der Waals surface area contributed by atoms with Crippen LogP contribution in [0.25, 0.3) is 0 Å². The van der Waals surface area contributed by atoms with Crippen molar-refractivity contribution in [2.24, 2.45) is 5.92 Å². The Morgan fingerprint density at radius 3 is 2.33 bits per heavy atom. The van der Waals surface area contributed by atoms with E-state index in [-0.39, 0.29) is 17.8 Å². The van der Waals surface area contributed by atoms with Crippen LogP contribution in [0.2, 0.25) is 0 Å². The lowest BCUT2D eigenvalue weighted by atomic mass is 9.84. The van der Waals surface area contributed by atoms with E-state index < -0.39 is 5.79 Å². The summed E-state index contributed by atoms with van der Waals surface area (Å²) < 4.78 is 12.2. The number of ether oxygens (including phenoxy) is 2. The Labute approximate surface area is 149 Å². The Morgan fingerprint density at radius 2 is 1.79 bits per heavy atom. The van der Waals surface area contributed by atoms with Gasteiger partial charge in [0.2, 0.25) is 0 Å². The molecule has 0 aromatic rings. The van der Waals surface area contributed by atoms with Crippen molar-refractivity contribution in [3.8, 4) is 0 Å². The van der Waals surface area contributed by atoms with E-state index in [1.807, 2.05) is 20.8 Å². The molecule has 1 saturated heterocycles. The van der Waals surface area contributed by atoms with Crippen molar-refractivity contribution < 1.29 is 14.6 Å². The maximum Gasteiger partial charge on any atom is 0.172 e. The summed E-state index contributed by atoms with van der Waals surface area (Å²) in [6, 6.07) is 0. The first-order chi connectivity index (χ1) is 11.2. The van der Waals surface area contributed by atoms with Crippen LogP contribution in [0.5, 0.6) is 0 Å². The first-order valence-electron chi connectivity index (χ1n) is 10.0. The molecule has 0 radical (unpaired) electrons. The summed E-state index contributed by atoms with van der Waals surface area (Å²) in [6.07, 6.45) is 6.88. The van der Waals surface area contributed by atoms with Crippen molar-refractivity contribution in [3.63, 3.8) is 0 Å². The Balaban J connectivity index is 2.72. The average Bonchev–Trinajstić information content (AvgIpc) is 2.49. The highest BCUT2D eigenvalue weighted by molar-refractivity contribution is 4.84. The van der Waals surface area contributed by atoms with E-state index in [1.54, 1.807) is 0 Å². The van der Waals surface area contributed by atoms with Crippen molar-refractivity contribution in [3.05, 3.63) is 0 Å². The van der Waals surface area contributed by atoms with E-state index in [2.05, 4.69) is 25.7 Å². The summed E-state index contributed by atoms with van der Waals surface area (Å²) in [5, 5.41) is 11.3. The molecule has 1 heterocycles. The quantitative estimate of drug-likeness (QED) is 0.591. The molecule has 24 heavy (non-hydrogen) atoms. The molecule has 0 spiro atoms. The lowest BCUT2D eigenvalue weighted by Gasteiger charge is -2.45. The van der Waals surface area contributed by atoms with E-state index in [4.69, 9.17) is 9.47 Å². The van der Waals surface area contributed by atoms with Crippen LogP contribution in [0.3, 0.4) is 0 Å². The van der Waals surface area contributed by atoms with Crippen molar-refractivity contribution in [2.75, 3.05) is 19.6 Å². The lowest BCUT2D eigenvalue weighted by Crippen LogP contribution is -2.51. The zero-order valence-corrected chi connectivity index (χ0v) is 16.9. The minimum atomic E-state index is -1.05. The normalized spacial score (nSPS) is 28.5. The molecule has 144 valence electrons. The minimum Gasteiger partial charge on any atom is -0.365 e. The predicted molar refractivity (Wildman–Crippen MR) is 99.9 cm³/mol. The SMILES string of the molecule is CCCCCC1CCC(OC(C)(C)C)OC1(O)CCN(CC)CC. The first kappa shape index (κ1) is 21.9. The average molecular weight is 344 g/mol. The fourth-order valence-electron chi connectivity index (χ4n) is 3.55. The van der Waals surface area contributed by atoms with Crippen molar-refractivity contribution >= 4 is 0 Å². The van der Waals surface area contributed by atoms with Gasteiger partial charge in [0.05, 0.1) is 5.60 Å². The second-order valence-corrected chi connectivity index (χ2v) is 8.17.